The molecule has 1 aliphatic rings. The van der Waals surface area contributed by atoms with Gasteiger partial charge in [-0.1, -0.05) is 6.58 Å². The van der Waals surface area contributed by atoms with Gasteiger partial charge in [0, 0.05) is 11.6 Å². The number of allylic oxidation sites excluding steroid dienone is 1. The molecule has 3 nitrogen and oxygen atoms in total. The quantitative estimate of drug-likeness (QED) is 0.556. The maximum atomic E-state index is 10.2. The smallest absolute Gasteiger partial charge is 0.307 e. The molecule has 0 aromatic rings. The molecule has 0 aromatic heterocycles. The van der Waals surface area contributed by atoms with Crippen LogP contribution in [0.25, 0.3) is 0 Å². The number of nitrogens with two attached hydrogens (primary N) is 1. The number of carboxylic acids is 1. The highest BCUT2D eigenvalue weighted by Crippen LogP contribution is 2.41. The molecule has 0 amide bonds. The first-order valence-corrected chi connectivity index (χ1v) is 2.80. The Morgan fingerprint density at radius 2 is 2.22 bits per heavy atom. The Morgan fingerprint density at radius 3 is 2.33 bits per heavy atom. The van der Waals surface area contributed by atoms with Crippen molar-refractivity contribution in [1.82, 2.24) is 0 Å². The molecule has 0 bridgehead atoms. The van der Waals surface area contributed by atoms with Crippen LogP contribution in [0.1, 0.15) is 6.42 Å². The van der Waals surface area contributed by atoms with E-state index in [4.69, 9.17) is 10.8 Å². The van der Waals surface area contributed by atoms with Crippen molar-refractivity contribution < 1.29 is 9.90 Å². The second-order valence-electron chi connectivity index (χ2n) is 2.36. The summed E-state index contributed by atoms with van der Waals surface area (Å²) in [5, 5.41) is 8.38. The summed E-state index contributed by atoms with van der Waals surface area (Å²) >= 11 is 0. The van der Waals surface area contributed by atoms with Crippen LogP contribution in [0, 0.1) is 11.8 Å². The van der Waals surface area contributed by atoms with E-state index >= 15 is 0 Å². The molecule has 50 valence electrons. The third-order valence-electron chi connectivity index (χ3n) is 1.58. The molecule has 2 atom stereocenters. The minimum Gasteiger partial charge on any atom is -0.481 e. The maximum absolute atomic E-state index is 10.2. The topological polar surface area (TPSA) is 63.3 Å². The molecule has 1 saturated carbocycles. The minimum atomic E-state index is -0.758. The van der Waals surface area contributed by atoms with Crippen molar-refractivity contribution in [2.75, 3.05) is 0 Å². The fourth-order valence-electron chi connectivity index (χ4n) is 0.878. The van der Waals surface area contributed by atoms with Crippen LogP contribution in [0.3, 0.4) is 0 Å². The zero-order chi connectivity index (χ0) is 7.02. The number of hydrogen-bond donors (Lipinski definition) is 2. The monoisotopic (exact) mass is 127 g/mol. The summed E-state index contributed by atoms with van der Waals surface area (Å²) in [6.07, 6.45) is 0.671. The molecular weight excluding hydrogens is 118 g/mol. The van der Waals surface area contributed by atoms with E-state index in [-0.39, 0.29) is 11.8 Å². The number of carbonyl (C=O) groups is 1. The van der Waals surface area contributed by atoms with Gasteiger partial charge >= 0.3 is 5.97 Å². The highest BCUT2D eigenvalue weighted by Gasteiger charge is 2.44. The van der Waals surface area contributed by atoms with E-state index in [9.17, 15) is 4.79 Å². The van der Waals surface area contributed by atoms with Gasteiger partial charge in [0.2, 0.25) is 0 Å². The largest absolute Gasteiger partial charge is 0.481 e. The predicted octanol–water partition coefficient (Wildman–Crippen LogP) is 0.179. The molecule has 0 saturated heterocycles. The van der Waals surface area contributed by atoms with Crippen molar-refractivity contribution in [2.24, 2.45) is 17.6 Å². The van der Waals surface area contributed by atoms with Gasteiger partial charge in [-0.3, -0.25) is 4.79 Å². The van der Waals surface area contributed by atoms with Crippen molar-refractivity contribution in [3.8, 4) is 0 Å². The lowest BCUT2D eigenvalue weighted by Gasteiger charge is -1.91. The maximum Gasteiger partial charge on any atom is 0.307 e. The van der Waals surface area contributed by atoms with Crippen LogP contribution in [0.5, 0.6) is 0 Å². The summed E-state index contributed by atoms with van der Waals surface area (Å²) in [5.41, 5.74) is 5.77. The molecule has 0 spiro atoms. The van der Waals surface area contributed by atoms with Gasteiger partial charge in [0.05, 0.1) is 5.92 Å². The molecule has 3 heteroatoms. The van der Waals surface area contributed by atoms with E-state index in [1.54, 1.807) is 0 Å². The Hall–Kier alpha value is -0.990. The lowest BCUT2D eigenvalue weighted by Crippen LogP contribution is -2.04. The van der Waals surface area contributed by atoms with Crippen molar-refractivity contribution >= 4 is 5.97 Å². The van der Waals surface area contributed by atoms with Crippen molar-refractivity contribution in [2.45, 2.75) is 6.42 Å². The second-order valence-corrected chi connectivity index (χ2v) is 2.36. The summed E-state index contributed by atoms with van der Waals surface area (Å²) in [4.78, 5) is 10.2. The SMILES string of the molecule is C=C(N)C1CC1C(=O)O. The van der Waals surface area contributed by atoms with Crippen LogP contribution >= 0.6 is 0 Å². The molecule has 1 fully saturated rings. The fraction of sp³-hybridized carbons (Fsp3) is 0.500. The lowest BCUT2D eigenvalue weighted by atomic mass is 10.3. The van der Waals surface area contributed by atoms with Gasteiger partial charge in [0.15, 0.2) is 0 Å². The van der Waals surface area contributed by atoms with Gasteiger partial charge in [-0.2, -0.15) is 0 Å². The van der Waals surface area contributed by atoms with E-state index in [1.807, 2.05) is 0 Å². The third-order valence-corrected chi connectivity index (χ3v) is 1.58. The molecule has 0 heterocycles. The van der Waals surface area contributed by atoms with Crippen LogP contribution in [0.15, 0.2) is 12.3 Å². The second kappa shape index (κ2) is 1.76. The van der Waals surface area contributed by atoms with Gasteiger partial charge in [-0.25, -0.2) is 0 Å². The standard InChI is InChI=1S/C6H9NO2/c1-3(7)4-2-5(4)6(8)9/h4-5H,1-2,7H2,(H,8,9). The van der Waals surface area contributed by atoms with Crippen LogP contribution < -0.4 is 5.73 Å². The van der Waals surface area contributed by atoms with E-state index < -0.39 is 5.97 Å². The molecule has 0 aromatic carbocycles. The van der Waals surface area contributed by atoms with Gasteiger partial charge in [-0.05, 0) is 6.42 Å². The van der Waals surface area contributed by atoms with Gasteiger partial charge in [0.1, 0.15) is 0 Å². The number of rotatable bonds is 2. The highest BCUT2D eigenvalue weighted by atomic mass is 16.4. The molecule has 0 aliphatic heterocycles. The first-order valence-electron chi connectivity index (χ1n) is 2.80. The number of hydrogen-bond acceptors (Lipinski definition) is 2. The Kier molecular flexibility index (Phi) is 1.20. The van der Waals surface area contributed by atoms with E-state index in [0.717, 1.165) is 0 Å². The minimum absolute atomic E-state index is 0.0440. The molecular formula is C6H9NO2. The molecule has 1 rings (SSSR count). The summed E-state index contributed by atoms with van der Waals surface area (Å²) in [6.45, 7) is 3.46. The zero-order valence-corrected chi connectivity index (χ0v) is 5.00. The third kappa shape index (κ3) is 1.04. The highest BCUT2D eigenvalue weighted by molar-refractivity contribution is 5.74. The van der Waals surface area contributed by atoms with Crippen LogP contribution in [0.4, 0.5) is 0 Å². The number of carboxylic acid groups (broad SMARTS) is 1. The average molecular weight is 127 g/mol. The van der Waals surface area contributed by atoms with E-state index in [2.05, 4.69) is 6.58 Å². The average Bonchev–Trinajstić information content (AvgIpc) is 2.39. The molecule has 9 heavy (non-hydrogen) atoms. The van der Waals surface area contributed by atoms with Gasteiger partial charge in [-0.15, -0.1) is 0 Å². The molecule has 2 unspecified atom stereocenters. The Balaban J connectivity index is 2.42. The Morgan fingerprint density at radius 1 is 1.67 bits per heavy atom. The van der Waals surface area contributed by atoms with Gasteiger partial charge < -0.3 is 10.8 Å². The predicted molar refractivity (Wildman–Crippen MR) is 32.6 cm³/mol. The first kappa shape index (κ1) is 6.13. The van der Waals surface area contributed by atoms with Crippen LogP contribution in [0.2, 0.25) is 0 Å². The Labute approximate surface area is 53.2 Å². The molecule has 1 aliphatic carbocycles. The fourth-order valence-corrected chi connectivity index (χ4v) is 0.878. The molecule has 3 N–H and O–H groups in total. The lowest BCUT2D eigenvalue weighted by molar-refractivity contribution is -0.138. The summed E-state index contributed by atoms with van der Waals surface area (Å²) < 4.78 is 0. The first-order chi connectivity index (χ1) is 4.13. The molecule has 0 radical (unpaired) electrons. The van der Waals surface area contributed by atoms with Gasteiger partial charge in [0.25, 0.3) is 0 Å². The van der Waals surface area contributed by atoms with Crippen molar-refractivity contribution in [3.63, 3.8) is 0 Å². The van der Waals surface area contributed by atoms with Crippen LogP contribution in [-0.4, -0.2) is 11.1 Å². The normalized spacial score (nSPS) is 31.6. The van der Waals surface area contributed by atoms with Crippen LogP contribution in [-0.2, 0) is 4.79 Å². The van der Waals surface area contributed by atoms with Crippen molar-refractivity contribution in [3.05, 3.63) is 12.3 Å². The van der Waals surface area contributed by atoms with E-state index in [1.165, 1.54) is 0 Å². The Bertz CT molecular complexity index is 146. The number of aliphatic carboxylic acids is 1. The van der Waals surface area contributed by atoms with E-state index in [0.29, 0.717) is 12.1 Å². The summed E-state index contributed by atoms with van der Waals surface area (Å²) in [7, 11) is 0. The zero-order valence-electron chi connectivity index (χ0n) is 5.00. The summed E-state index contributed by atoms with van der Waals surface area (Å²) in [6, 6.07) is 0. The summed E-state index contributed by atoms with van der Waals surface area (Å²) in [5.74, 6) is -0.961. The van der Waals surface area contributed by atoms with Crippen molar-refractivity contribution in [1.29, 1.82) is 0 Å².